The highest BCUT2D eigenvalue weighted by molar-refractivity contribution is 5.92. The van der Waals surface area contributed by atoms with Gasteiger partial charge in [0.05, 0.1) is 5.70 Å². The number of Topliss-reactive ketones (excluding diaryl/α,β-unsaturated/α-hetero) is 1. The van der Waals surface area contributed by atoms with E-state index in [0.717, 1.165) is 0 Å². The molecule has 0 bridgehead atoms. The lowest BCUT2D eigenvalue weighted by Gasteiger charge is -2.03. The smallest absolute Gasteiger partial charge is 0.176 e. The molecule has 52 valence electrons. The van der Waals surface area contributed by atoms with Crippen molar-refractivity contribution in [3.05, 3.63) is 11.8 Å². The Bertz CT molecular complexity index is 129. The van der Waals surface area contributed by atoms with Gasteiger partial charge in [-0.1, -0.05) is 6.08 Å². The van der Waals surface area contributed by atoms with E-state index >= 15 is 0 Å². The zero-order valence-corrected chi connectivity index (χ0v) is 5.99. The molecule has 0 fully saturated rings. The molecule has 0 unspecified atom stereocenters. The first kappa shape index (κ1) is 8.17. The molecule has 3 nitrogen and oxygen atoms in total. The predicted octanol–water partition coefficient (Wildman–Crippen LogP) is 0.203. The second-order valence-corrected chi connectivity index (χ2v) is 1.63. The summed E-state index contributed by atoms with van der Waals surface area (Å²) in [7, 11) is 1.71. The summed E-state index contributed by atoms with van der Waals surface area (Å²) >= 11 is 0. The highest BCUT2D eigenvalue weighted by Crippen LogP contribution is 1.86. The van der Waals surface area contributed by atoms with Gasteiger partial charge in [0.2, 0.25) is 0 Å². The maximum atomic E-state index is 10.6. The zero-order valence-electron chi connectivity index (χ0n) is 5.99. The van der Waals surface area contributed by atoms with Crippen LogP contribution in [0.15, 0.2) is 11.8 Å². The Labute approximate surface area is 55.1 Å². The van der Waals surface area contributed by atoms with Crippen LogP contribution < -0.4 is 10.9 Å². The highest BCUT2D eigenvalue weighted by Gasteiger charge is 1.96. The highest BCUT2D eigenvalue weighted by atomic mass is 16.1. The van der Waals surface area contributed by atoms with Crippen molar-refractivity contribution in [2.45, 2.75) is 13.8 Å². The van der Waals surface area contributed by atoms with Crippen LogP contribution in [0.3, 0.4) is 0 Å². The van der Waals surface area contributed by atoms with Crippen molar-refractivity contribution in [3.63, 3.8) is 0 Å². The van der Waals surface area contributed by atoms with Gasteiger partial charge in [0.25, 0.3) is 0 Å². The first-order chi connectivity index (χ1) is 4.22. The number of ketones is 1. The van der Waals surface area contributed by atoms with E-state index in [1.165, 1.54) is 6.92 Å². The Kier molecular flexibility index (Phi) is 3.71. The van der Waals surface area contributed by atoms with Gasteiger partial charge < -0.3 is 5.43 Å². The molecule has 0 heterocycles. The van der Waals surface area contributed by atoms with Crippen molar-refractivity contribution in [2.24, 2.45) is 0 Å². The molecule has 0 aliphatic carbocycles. The van der Waals surface area contributed by atoms with Crippen LogP contribution in [-0.2, 0) is 4.79 Å². The fraction of sp³-hybridized carbons (Fsp3) is 0.500. The van der Waals surface area contributed by atoms with Gasteiger partial charge in [0, 0.05) is 14.0 Å². The summed E-state index contributed by atoms with van der Waals surface area (Å²) in [6.45, 7) is 3.32. The molecular formula is C6H12N2O. The summed E-state index contributed by atoms with van der Waals surface area (Å²) in [5, 5.41) is 0. The number of allylic oxidation sites excluding steroid dienone is 2. The molecule has 0 aliphatic heterocycles. The zero-order chi connectivity index (χ0) is 7.28. The van der Waals surface area contributed by atoms with Crippen LogP contribution in [0.5, 0.6) is 0 Å². The lowest BCUT2D eigenvalue weighted by molar-refractivity contribution is -0.114. The fourth-order valence-corrected chi connectivity index (χ4v) is 0.498. The fourth-order valence-electron chi connectivity index (χ4n) is 0.498. The van der Waals surface area contributed by atoms with Gasteiger partial charge in [-0.3, -0.25) is 4.79 Å². The molecule has 0 rings (SSSR count). The number of hydrogen-bond donors (Lipinski definition) is 2. The second-order valence-electron chi connectivity index (χ2n) is 1.63. The molecule has 0 aromatic carbocycles. The summed E-state index contributed by atoms with van der Waals surface area (Å²) < 4.78 is 0. The number of carbonyl (C=O) groups is 1. The molecule has 0 aromatic heterocycles. The minimum Gasteiger partial charge on any atom is -0.319 e. The second kappa shape index (κ2) is 4.09. The quantitative estimate of drug-likeness (QED) is 0.421. The van der Waals surface area contributed by atoms with E-state index in [1.807, 2.05) is 0 Å². The minimum absolute atomic E-state index is 0.0341. The van der Waals surface area contributed by atoms with Crippen LogP contribution in [-0.4, -0.2) is 12.8 Å². The van der Waals surface area contributed by atoms with Gasteiger partial charge in [-0.15, -0.1) is 0 Å². The molecule has 0 amide bonds. The number of hydrogen-bond acceptors (Lipinski definition) is 3. The van der Waals surface area contributed by atoms with Gasteiger partial charge in [-0.25, -0.2) is 5.43 Å². The summed E-state index contributed by atoms with van der Waals surface area (Å²) in [5.41, 5.74) is 5.95. The van der Waals surface area contributed by atoms with Crippen LogP contribution in [0.2, 0.25) is 0 Å². The Morgan fingerprint density at radius 1 is 1.56 bits per heavy atom. The van der Waals surface area contributed by atoms with Crippen LogP contribution in [0.1, 0.15) is 13.8 Å². The van der Waals surface area contributed by atoms with Crippen LogP contribution >= 0.6 is 0 Å². The van der Waals surface area contributed by atoms with Crippen LogP contribution in [0.25, 0.3) is 0 Å². The van der Waals surface area contributed by atoms with Gasteiger partial charge >= 0.3 is 0 Å². The number of nitrogens with one attached hydrogen (secondary N) is 2. The molecular weight excluding hydrogens is 116 g/mol. The molecule has 0 radical (unpaired) electrons. The predicted molar refractivity (Wildman–Crippen MR) is 36.6 cm³/mol. The van der Waals surface area contributed by atoms with Crippen molar-refractivity contribution >= 4 is 5.78 Å². The largest absolute Gasteiger partial charge is 0.319 e. The van der Waals surface area contributed by atoms with E-state index in [4.69, 9.17) is 0 Å². The monoisotopic (exact) mass is 128 g/mol. The average Bonchev–Trinajstić information content (AvgIpc) is 1.82. The molecule has 0 spiro atoms. The van der Waals surface area contributed by atoms with Gasteiger partial charge in [0.1, 0.15) is 0 Å². The standard InChI is InChI=1S/C6H12N2O/c1-4-6(5(2)9)8-7-3/h4,7-8H,1-3H3/b6-4-. The van der Waals surface area contributed by atoms with Gasteiger partial charge in [0.15, 0.2) is 5.78 Å². The lowest BCUT2D eigenvalue weighted by Crippen LogP contribution is -2.29. The first-order valence-corrected chi connectivity index (χ1v) is 2.82. The van der Waals surface area contributed by atoms with E-state index in [2.05, 4.69) is 10.9 Å². The Balaban J connectivity index is 3.85. The van der Waals surface area contributed by atoms with Crippen LogP contribution in [0, 0.1) is 0 Å². The molecule has 0 aromatic rings. The van der Waals surface area contributed by atoms with Gasteiger partial charge in [-0.05, 0) is 6.92 Å². The number of rotatable bonds is 3. The van der Waals surface area contributed by atoms with E-state index in [-0.39, 0.29) is 5.78 Å². The van der Waals surface area contributed by atoms with Crippen LogP contribution in [0.4, 0.5) is 0 Å². The third kappa shape index (κ3) is 2.87. The third-order valence-electron chi connectivity index (χ3n) is 0.928. The minimum atomic E-state index is 0.0341. The van der Waals surface area contributed by atoms with Crippen molar-refractivity contribution in [1.82, 2.24) is 10.9 Å². The topological polar surface area (TPSA) is 41.1 Å². The Hall–Kier alpha value is -0.830. The molecule has 0 aliphatic rings. The third-order valence-corrected chi connectivity index (χ3v) is 0.928. The Morgan fingerprint density at radius 2 is 2.11 bits per heavy atom. The van der Waals surface area contributed by atoms with Gasteiger partial charge in [-0.2, -0.15) is 0 Å². The molecule has 0 saturated carbocycles. The summed E-state index contributed by atoms with van der Waals surface area (Å²) in [6, 6.07) is 0. The maximum absolute atomic E-state index is 10.6. The van der Waals surface area contributed by atoms with E-state index < -0.39 is 0 Å². The summed E-state index contributed by atoms with van der Waals surface area (Å²) in [4.78, 5) is 10.6. The SMILES string of the molecule is C/C=C(\NNC)C(C)=O. The lowest BCUT2D eigenvalue weighted by atomic mass is 10.3. The van der Waals surface area contributed by atoms with E-state index in [1.54, 1.807) is 20.0 Å². The summed E-state index contributed by atoms with van der Waals surface area (Å²) in [5.74, 6) is 0.0341. The van der Waals surface area contributed by atoms with Crippen molar-refractivity contribution in [1.29, 1.82) is 0 Å². The molecule has 3 heteroatoms. The van der Waals surface area contributed by atoms with Crippen molar-refractivity contribution in [2.75, 3.05) is 7.05 Å². The summed E-state index contributed by atoms with van der Waals surface area (Å²) in [6.07, 6.45) is 1.72. The molecule has 0 atom stereocenters. The molecule has 9 heavy (non-hydrogen) atoms. The number of hydrazine groups is 1. The van der Waals surface area contributed by atoms with Crippen molar-refractivity contribution in [3.8, 4) is 0 Å². The van der Waals surface area contributed by atoms with E-state index in [0.29, 0.717) is 5.70 Å². The Morgan fingerprint density at radius 3 is 2.22 bits per heavy atom. The molecule has 0 saturated heterocycles. The molecule has 2 N–H and O–H groups in total. The first-order valence-electron chi connectivity index (χ1n) is 2.82. The van der Waals surface area contributed by atoms with E-state index in [9.17, 15) is 4.79 Å². The average molecular weight is 128 g/mol. The maximum Gasteiger partial charge on any atom is 0.176 e. The van der Waals surface area contributed by atoms with Crippen molar-refractivity contribution < 1.29 is 4.79 Å². The number of carbonyl (C=O) groups excluding carboxylic acids is 1. The normalized spacial score (nSPS) is 11.2.